The SMILES string of the molecule is Cc1cnn(-c2cccc(Br)c2)c1C=O. The van der Waals surface area contributed by atoms with Crippen LogP contribution >= 0.6 is 15.9 Å². The molecule has 15 heavy (non-hydrogen) atoms. The molecule has 1 aromatic heterocycles. The molecule has 0 aliphatic rings. The van der Waals surface area contributed by atoms with Gasteiger partial charge < -0.3 is 0 Å². The molecule has 2 rings (SSSR count). The van der Waals surface area contributed by atoms with E-state index in [1.807, 2.05) is 31.2 Å². The van der Waals surface area contributed by atoms with Crippen molar-refractivity contribution in [2.24, 2.45) is 0 Å². The summed E-state index contributed by atoms with van der Waals surface area (Å²) < 4.78 is 2.60. The third kappa shape index (κ3) is 1.85. The highest BCUT2D eigenvalue weighted by molar-refractivity contribution is 9.10. The summed E-state index contributed by atoms with van der Waals surface area (Å²) in [5.74, 6) is 0. The van der Waals surface area contributed by atoms with E-state index in [0.29, 0.717) is 5.69 Å². The highest BCUT2D eigenvalue weighted by atomic mass is 79.9. The summed E-state index contributed by atoms with van der Waals surface area (Å²) in [6.45, 7) is 1.87. The molecule has 0 aliphatic heterocycles. The van der Waals surface area contributed by atoms with Gasteiger partial charge in [0.25, 0.3) is 0 Å². The van der Waals surface area contributed by atoms with Crippen molar-refractivity contribution in [1.29, 1.82) is 0 Å². The van der Waals surface area contributed by atoms with Crippen molar-refractivity contribution in [3.05, 3.63) is 46.2 Å². The number of halogens is 1. The maximum absolute atomic E-state index is 10.9. The first-order valence-electron chi connectivity index (χ1n) is 4.48. The van der Waals surface area contributed by atoms with Crippen LogP contribution in [-0.4, -0.2) is 16.1 Å². The summed E-state index contributed by atoms with van der Waals surface area (Å²) in [6.07, 6.45) is 2.51. The first-order valence-corrected chi connectivity index (χ1v) is 5.27. The molecule has 76 valence electrons. The Bertz CT molecular complexity index is 505. The molecule has 0 radical (unpaired) electrons. The van der Waals surface area contributed by atoms with Crippen LogP contribution in [0.4, 0.5) is 0 Å². The lowest BCUT2D eigenvalue weighted by atomic mass is 10.3. The van der Waals surface area contributed by atoms with Crippen LogP contribution in [0.25, 0.3) is 5.69 Å². The quantitative estimate of drug-likeness (QED) is 0.782. The Balaban J connectivity index is 2.58. The summed E-state index contributed by atoms with van der Waals surface area (Å²) in [4.78, 5) is 10.9. The van der Waals surface area contributed by atoms with E-state index in [4.69, 9.17) is 0 Å². The maximum atomic E-state index is 10.9. The maximum Gasteiger partial charge on any atom is 0.168 e. The lowest BCUT2D eigenvalue weighted by molar-refractivity contribution is 0.111. The monoisotopic (exact) mass is 264 g/mol. The van der Waals surface area contributed by atoms with Crippen molar-refractivity contribution in [3.8, 4) is 5.69 Å². The number of nitrogens with zero attached hydrogens (tertiary/aromatic N) is 2. The topological polar surface area (TPSA) is 34.9 Å². The second-order valence-corrected chi connectivity index (χ2v) is 4.14. The second kappa shape index (κ2) is 3.98. The lowest BCUT2D eigenvalue weighted by Crippen LogP contribution is -2.01. The first-order chi connectivity index (χ1) is 7.22. The number of aryl methyl sites for hydroxylation is 1. The minimum Gasteiger partial charge on any atom is -0.296 e. The standard InChI is InChI=1S/C11H9BrN2O/c1-8-6-13-14(11(8)7-15)10-4-2-3-9(12)5-10/h2-7H,1H3. The second-order valence-electron chi connectivity index (χ2n) is 3.22. The number of benzene rings is 1. The summed E-state index contributed by atoms with van der Waals surface area (Å²) in [5, 5.41) is 4.16. The van der Waals surface area contributed by atoms with Gasteiger partial charge in [-0.3, -0.25) is 4.79 Å². The predicted molar refractivity (Wildman–Crippen MR) is 61.4 cm³/mol. The van der Waals surface area contributed by atoms with E-state index in [-0.39, 0.29) is 0 Å². The Morgan fingerprint density at radius 1 is 1.47 bits per heavy atom. The Hall–Kier alpha value is -1.42. The number of hydrogen-bond donors (Lipinski definition) is 0. The minimum absolute atomic E-state index is 0.591. The molecule has 0 saturated heterocycles. The average molecular weight is 265 g/mol. The van der Waals surface area contributed by atoms with Gasteiger partial charge in [-0.25, -0.2) is 4.68 Å². The molecule has 0 aliphatic carbocycles. The Morgan fingerprint density at radius 3 is 2.93 bits per heavy atom. The molecule has 0 saturated carbocycles. The number of aldehydes is 1. The van der Waals surface area contributed by atoms with Gasteiger partial charge >= 0.3 is 0 Å². The molecule has 0 N–H and O–H groups in total. The van der Waals surface area contributed by atoms with E-state index in [9.17, 15) is 4.79 Å². The summed E-state index contributed by atoms with van der Waals surface area (Å²) in [6, 6.07) is 7.66. The number of carbonyl (C=O) groups excluding carboxylic acids is 1. The van der Waals surface area contributed by atoms with E-state index in [1.165, 1.54) is 0 Å². The van der Waals surface area contributed by atoms with E-state index in [1.54, 1.807) is 10.9 Å². The molecule has 4 heteroatoms. The van der Waals surface area contributed by atoms with Gasteiger partial charge in [0.15, 0.2) is 6.29 Å². The Labute approximate surface area is 95.9 Å². The lowest BCUT2D eigenvalue weighted by Gasteiger charge is -2.03. The van der Waals surface area contributed by atoms with Crippen LogP contribution < -0.4 is 0 Å². The predicted octanol–water partition coefficient (Wildman–Crippen LogP) is 2.76. The smallest absolute Gasteiger partial charge is 0.168 e. The number of rotatable bonds is 2. The largest absolute Gasteiger partial charge is 0.296 e. The van der Waals surface area contributed by atoms with Crippen LogP contribution in [-0.2, 0) is 0 Å². The molecule has 1 heterocycles. The van der Waals surface area contributed by atoms with Crippen molar-refractivity contribution < 1.29 is 4.79 Å². The minimum atomic E-state index is 0.591. The van der Waals surface area contributed by atoms with Gasteiger partial charge in [0, 0.05) is 4.47 Å². The van der Waals surface area contributed by atoms with Crippen molar-refractivity contribution >= 4 is 22.2 Å². The van der Waals surface area contributed by atoms with Crippen LogP contribution in [0.2, 0.25) is 0 Å². The van der Waals surface area contributed by atoms with Crippen molar-refractivity contribution in [3.63, 3.8) is 0 Å². The molecule has 0 spiro atoms. The normalized spacial score (nSPS) is 10.3. The molecular weight excluding hydrogens is 256 g/mol. The molecule has 0 amide bonds. The van der Waals surface area contributed by atoms with Crippen molar-refractivity contribution in [2.75, 3.05) is 0 Å². The molecule has 0 bridgehead atoms. The van der Waals surface area contributed by atoms with E-state index >= 15 is 0 Å². The van der Waals surface area contributed by atoms with E-state index in [2.05, 4.69) is 21.0 Å². The fraction of sp³-hybridized carbons (Fsp3) is 0.0909. The van der Waals surface area contributed by atoms with Gasteiger partial charge in [0.2, 0.25) is 0 Å². The van der Waals surface area contributed by atoms with Crippen LogP contribution in [0.1, 0.15) is 16.1 Å². The molecular formula is C11H9BrN2O. The average Bonchev–Trinajstić information content (AvgIpc) is 2.59. The fourth-order valence-corrected chi connectivity index (χ4v) is 1.78. The van der Waals surface area contributed by atoms with Crippen LogP contribution in [0, 0.1) is 6.92 Å². The molecule has 0 fully saturated rings. The number of carbonyl (C=O) groups is 1. The third-order valence-corrected chi connectivity index (χ3v) is 2.66. The van der Waals surface area contributed by atoms with Crippen LogP contribution in [0.15, 0.2) is 34.9 Å². The van der Waals surface area contributed by atoms with E-state index < -0.39 is 0 Å². The summed E-state index contributed by atoms with van der Waals surface area (Å²) in [7, 11) is 0. The van der Waals surface area contributed by atoms with Crippen molar-refractivity contribution in [1.82, 2.24) is 9.78 Å². The van der Waals surface area contributed by atoms with Crippen LogP contribution in [0.3, 0.4) is 0 Å². The molecule has 0 atom stereocenters. The molecule has 1 aromatic carbocycles. The van der Waals surface area contributed by atoms with E-state index in [0.717, 1.165) is 22.0 Å². The van der Waals surface area contributed by atoms with Crippen molar-refractivity contribution in [2.45, 2.75) is 6.92 Å². The third-order valence-electron chi connectivity index (χ3n) is 2.16. The fourth-order valence-electron chi connectivity index (χ4n) is 1.40. The van der Waals surface area contributed by atoms with Gasteiger partial charge in [0.1, 0.15) is 5.69 Å². The zero-order chi connectivity index (χ0) is 10.8. The summed E-state index contributed by atoms with van der Waals surface area (Å²) >= 11 is 3.38. The van der Waals surface area contributed by atoms with Crippen LogP contribution in [0.5, 0.6) is 0 Å². The summed E-state index contributed by atoms with van der Waals surface area (Å²) in [5.41, 5.74) is 2.35. The molecule has 3 nitrogen and oxygen atoms in total. The Morgan fingerprint density at radius 2 is 2.27 bits per heavy atom. The number of aromatic nitrogens is 2. The van der Waals surface area contributed by atoms with Gasteiger partial charge in [-0.1, -0.05) is 22.0 Å². The van der Waals surface area contributed by atoms with Gasteiger partial charge in [0.05, 0.1) is 11.9 Å². The number of hydrogen-bond acceptors (Lipinski definition) is 2. The highest BCUT2D eigenvalue weighted by Crippen LogP contribution is 2.17. The highest BCUT2D eigenvalue weighted by Gasteiger charge is 2.07. The zero-order valence-corrected chi connectivity index (χ0v) is 9.73. The molecule has 2 aromatic rings. The first kappa shape index (κ1) is 10.1. The Kier molecular flexibility index (Phi) is 2.68. The molecule has 0 unspecified atom stereocenters. The van der Waals surface area contributed by atoms with Gasteiger partial charge in [-0.15, -0.1) is 0 Å². The van der Waals surface area contributed by atoms with Gasteiger partial charge in [-0.05, 0) is 30.7 Å². The zero-order valence-electron chi connectivity index (χ0n) is 8.14. The van der Waals surface area contributed by atoms with Gasteiger partial charge in [-0.2, -0.15) is 5.10 Å².